The van der Waals surface area contributed by atoms with Crippen molar-refractivity contribution in [3.8, 4) is 0 Å². The zero-order chi connectivity index (χ0) is 12.1. The minimum absolute atomic E-state index is 0.326. The van der Waals surface area contributed by atoms with E-state index in [0.29, 0.717) is 12.5 Å². The van der Waals surface area contributed by atoms with Crippen molar-refractivity contribution in [2.24, 2.45) is 5.92 Å². The van der Waals surface area contributed by atoms with E-state index < -0.39 is 0 Å². The number of unbranched alkanes of at least 4 members (excludes halogenated alkanes) is 6. The van der Waals surface area contributed by atoms with Gasteiger partial charge in [0.15, 0.2) is 0 Å². The molecule has 0 aliphatic heterocycles. The molecule has 0 fully saturated rings. The molecule has 96 valence electrons. The van der Waals surface area contributed by atoms with Crippen molar-refractivity contribution >= 4 is 0 Å². The van der Waals surface area contributed by atoms with Crippen LogP contribution in [0, 0.1) is 5.92 Å². The molecule has 1 atom stereocenters. The largest absolute Gasteiger partial charge is 0.396 e. The minimum atomic E-state index is 0.326. The van der Waals surface area contributed by atoms with Gasteiger partial charge in [-0.3, -0.25) is 0 Å². The Morgan fingerprint density at radius 2 is 1.69 bits per heavy atom. The number of rotatable bonds is 11. The zero-order valence-electron chi connectivity index (χ0n) is 11.3. The molecular weight excluding hydrogens is 196 g/mol. The van der Waals surface area contributed by atoms with Gasteiger partial charge in [0.2, 0.25) is 0 Å². The second kappa shape index (κ2) is 12.8. The topological polar surface area (TPSA) is 20.2 Å². The summed E-state index contributed by atoms with van der Waals surface area (Å²) in [7, 11) is 0. The van der Waals surface area contributed by atoms with Crippen molar-refractivity contribution < 1.29 is 5.11 Å². The van der Waals surface area contributed by atoms with E-state index in [0.717, 1.165) is 12.8 Å². The molecule has 1 N–H and O–H groups in total. The van der Waals surface area contributed by atoms with Gasteiger partial charge in [-0.15, -0.1) is 0 Å². The highest BCUT2D eigenvalue weighted by molar-refractivity contribution is 4.83. The maximum atomic E-state index is 8.76. The normalized spacial score (nSPS) is 13.4. The first-order valence-electron chi connectivity index (χ1n) is 7.07. The first-order valence-corrected chi connectivity index (χ1v) is 7.07. The van der Waals surface area contributed by atoms with Gasteiger partial charge in [-0.1, -0.05) is 58.1 Å². The van der Waals surface area contributed by atoms with Crippen LogP contribution < -0.4 is 0 Å². The lowest BCUT2D eigenvalue weighted by molar-refractivity contribution is 0.263. The van der Waals surface area contributed by atoms with Crippen molar-refractivity contribution in [3.63, 3.8) is 0 Å². The summed E-state index contributed by atoms with van der Waals surface area (Å²) in [5.41, 5.74) is 0. The molecule has 0 aromatic carbocycles. The number of aliphatic hydroxyl groups excluding tert-OH is 1. The predicted octanol–water partition coefficient (Wildman–Crippen LogP) is 4.70. The van der Waals surface area contributed by atoms with Crippen molar-refractivity contribution in [3.05, 3.63) is 12.2 Å². The van der Waals surface area contributed by atoms with Gasteiger partial charge in [0.05, 0.1) is 0 Å². The van der Waals surface area contributed by atoms with Crippen LogP contribution in [0.4, 0.5) is 0 Å². The predicted molar refractivity (Wildman–Crippen MR) is 72.6 cm³/mol. The van der Waals surface area contributed by atoms with Crippen LogP contribution in [0.2, 0.25) is 0 Å². The summed E-state index contributed by atoms with van der Waals surface area (Å²) in [6.45, 7) is 4.79. The molecule has 0 bridgehead atoms. The lowest BCUT2D eigenvalue weighted by Gasteiger charge is -2.04. The highest BCUT2D eigenvalue weighted by Gasteiger charge is 1.96. The van der Waals surface area contributed by atoms with Crippen LogP contribution in [-0.2, 0) is 0 Å². The Hall–Kier alpha value is -0.300. The monoisotopic (exact) mass is 226 g/mol. The Kier molecular flexibility index (Phi) is 12.5. The van der Waals surface area contributed by atoms with Crippen LogP contribution in [0.3, 0.4) is 0 Å². The molecule has 0 radical (unpaired) electrons. The van der Waals surface area contributed by atoms with E-state index in [1.165, 1.54) is 44.9 Å². The molecule has 0 rings (SSSR count). The Morgan fingerprint density at radius 3 is 2.38 bits per heavy atom. The average molecular weight is 226 g/mol. The number of hydrogen-bond acceptors (Lipinski definition) is 1. The van der Waals surface area contributed by atoms with Crippen LogP contribution in [0.5, 0.6) is 0 Å². The summed E-state index contributed by atoms with van der Waals surface area (Å²) < 4.78 is 0. The van der Waals surface area contributed by atoms with E-state index in [2.05, 4.69) is 26.0 Å². The third-order valence-electron chi connectivity index (χ3n) is 3.05. The fourth-order valence-corrected chi connectivity index (χ4v) is 1.83. The molecule has 16 heavy (non-hydrogen) atoms. The first-order chi connectivity index (χ1) is 7.81. The number of allylic oxidation sites excluding steroid dienone is 2. The van der Waals surface area contributed by atoms with Gasteiger partial charge in [0.25, 0.3) is 0 Å². The summed E-state index contributed by atoms with van der Waals surface area (Å²) in [4.78, 5) is 0. The lowest BCUT2D eigenvalue weighted by atomic mass is 10.0. The van der Waals surface area contributed by atoms with Crippen LogP contribution >= 0.6 is 0 Å². The van der Waals surface area contributed by atoms with Crippen LogP contribution in [-0.4, -0.2) is 11.7 Å². The average Bonchev–Trinajstić information content (AvgIpc) is 2.27. The summed E-state index contributed by atoms with van der Waals surface area (Å²) in [5, 5.41) is 8.76. The van der Waals surface area contributed by atoms with E-state index >= 15 is 0 Å². The van der Waals surface area contributed by atoms with E-state index in [1.807, 2.05) is 0 Å². The highest BCUT2D eigenvalue weighted by Crippen LogP contribution is 2.10. The van der Waals surface area contributed by atoms with Crippen molar-refractivity contribution in [1.82, 2.24) is 0 Å². The summed E-state index contributed by atoms with van der Waals surface area (Å²) in [6, 6.07) is 0. The lowest BCUT2D eigenvalue weighted by Crippen LogP contribution is -1.95. The van der Waals surface area contributed by atoms with Gasteiger partial charge in [0.1, 0.15) is 0 Å². The zero-order valence-corrected chi connectivity index (χ0v) is 11.3. The molecule has 1 nitrogen and oxygen atoms in total. The molecule has 0 aromatic heterocycles. The Morgan fingerprint density at radius 1 is 1.00 bits per heavy atom. The Bertz CT molecular complexity index is 152. The Balaban J connectivity index is 3.15. The van der Waals surface area contributed by atoms with E-state index in [1.54, 1.807) is 0 Å². The first kappa shape index (κ1) is 15.7. The second-order valence-corrected chi connectivity index (χ2v) is 4.88. The number of hydrogen-bond donors (Lipinski definition) is 1. The smallest absolute Gasteiger partial charge is 0.0433 e. The molecule has 0 amide bonds. The van der Waals surface area contributed by atoms with Gasteiger partial charge in [-0.05, 0) is 31.6 Å². The molecule has 1 heteroatoms. The van der Waals surface area contributed by atoms with Gasteiger partial charge >= 0.3 is 0 Å². The fraction of sp³-hybridized carbons (Fsp3) is 0.867. The number of aliphatic hydroxyl groups is 1. The molecular formula is C15H30O. The van der Waals surface area contributed by atoms with Crippen molar-refractivity contribution in [1.29, 1.82) is 0 Å². The minimum Gasteiger partial charge on any atom is -0.396 e. The van der Waals surface area contributed by atoms with Gasteiger partial charge in [-0.2, -0.15) is 0 Å². The highest BCUT2D eigenvalue weighted by atomic mass is 16.3. The second-order valence-electron chi connectivity index (χ2n) is 4.88. The van der Waals surface area contributed by atoms with Gasteiger partial charge in [0, 0.05) is 6.61 Å². The maximum absolute atomic E-state index is 8.76. The molecule has 0 spiro atoms. The van der Waals surface area contributed by atoms with Crippen molar-refractivity contribution in [2.45, 2.75) is 71.6 Å². The molecule has 0 heterocycles. The molecule has 1 unspecified atom stereocenters. The third-order valence-corrected chi connectivity index (χ3v) is 3.05. The SMILES string of the molecule is CCCCCCCCC=CCC(C)CCO. The maximum Gasteiger partial charge on any atom is 0.0433 e. The van der Waals surface area contributed by atoms with Gasteiger partial charge in [-0.25, -0.2) is 0 Å². The van der Waals surface area contributed by atoms with Crippen LogP contribution in [0.15, 0.2) is 12.2 Å². The van der Waals surface area contributed by atoms with E-state index in [9.17, 15) is 0 Å². The molecule has 0 saturated carbocycles. The van der Waals surface area contributed by atoms with Crippen LogP contribution in [0.25, 0.3) is 0 Å². The fourth-order valence-electron chi connectivity index (χ4n) is 1.83. The molecule has 0 aliphatic carbocycles. The van der Waals surface area contributed by atoms with E-state index in [-0.39, 0.29) is 0 Å². The van der Waals surface area contributed by atoms with Gasteiger partial charge < -0.3 is 5.11 Å². The van der Waals surface area contributed by atoms with Crippen LogP contribution in [0.1, 0.15) is 71.6 Å². The summed E-state index contributed by atoms with van der Waals surface area (Å²) in [5.74, 6) is 0.630. The summed E-state index contributed by atoms with van der Waals surface area (Å²) >= 11 is 0. The Labute approximate surface area is 102 Å². The molecule has 0 aromatic rings. The third kappa shape index (κ3) is 11.8. The molecule has 0 saturated heterocycles. The quantitative estimate of drug-likeness (QED) is 0.400. The molecule has 0 aliphatic rings. The standard InChI is InChI=1S/C15H30O/c1-3-4-5-6-7-8-9-10-11-12-15(2)13-14-16/h10-11,15-16H,3-9,12-14H2,1-2H3. The van der Waals surface area contributed by atoms with Crippen molar-refractivity contribution in [2.75, 3.05) is 6.61 Å². The van der Waals surface area contributed by atoms with E-state index in [4.69, 9.17) is 5.11 Å². The summed E-state index contributed by atoms with van der Waals surface area (Å²) in [6.07, 6.45) is 16.2.